The van der Waals surface area contributed by atoms with Gasteiger partial charge in [0.05, 0.1) is 17.6 Å². The zero-order valence-electron chi connectivity index (χ0n) is 13.5. The molecule has 0 fully saturated rings. The van der Waals surface area contributed by atoms with Gasteiger partial charge in [0.25, 0.3) is 0 Å². The van der Waals surface area contributed by atoms with Crippen molar-refractivity contribution in [3.05, 3.63) is 48.4 Å². The number of unbranched alkanes of at least 4 members (excludes halogenated alkanes) is 2. The molecule has 0 spiro atoms. The van der Waals surface area contributed by atoms with E-state index in [1.807, 2.05) is 30.5 Å². The fourth-order valence-corrected chi connectivity index (χ4v) is 2.31. The number of aromatic nitrogens is 3. The maximum absolute atomic E-state index is 12.1. The molecule has 0 atom stereocenters. The summed E-state index contributed by atoms with van der Waals surface area (Å²) < 4.78 is 1.79. The zero-order valence-corrected chi connectivity index (χ0v) is 13.5. The minimum absolute atomic E-state index is 0.0308. The van der Waals surface area contributed by atoms with E-state index < -0.39 is 0 Å². The summed E-state index contributed by atoms with van der Waals surface area (Å²) in [4.78, 5) is 12.1. The first-order valence-corrected chi connectivity index (χ1v) is 7.86. The van der Waals surface area contributed by atoms with Crippen LogP contribution in [-0.2, 0) is 11.3 Å². The second-order valence-corrected chi connectivity index (χ2v) is 5.34. The molecule has 2 aromatic rings. The van der Waals surface area contributed by atoms with Crippen molar-refractivity contribution in [3.8, 4) is 0 Å². The van der Waals surface area contributed by atoms with Crippen molar-refractivity contribution in [3.63, 3.8) is 0 Å². The van der Waals surface area contributed by atoms with Crippen LogP contribution in [0.5, 0.6) is 0 Å². The number of carbonyl (C=O) groups is 1. The Morgan fingerprint density at radius 2 is 2.08 bits per heavy atom. The Hall–Kier alpha value is -2.87. The molecule has 24 heavy (non-hydrogen) atoms. The van der Waals surface area contributed by atoms with Crippen LogP contribution in [0.25, 0.3) is 5.70 Å². The average molecular weight is 329 g/mol. The fourth-order valence-electron chi connectivity index (χ4n) is 2.31. The normalized spacial score (nSPS) is 11.3. The Balaban J connectivity index is 1.77. The van der Waals surface area contributed by atoms with Gasteiger partial charge in [0.15, 0.2) is 0 Å². The number of anilines is 1. The second-order valence-electron chi connectivity index (χ2n) is 5.34. The van der Waals surface area contributed by atoms with E-state index in [9.17, 15) is 4.79 Å². The van der Waals surface area contributed by atoms with E-state index in [1.165, 1.54) is 6.20 Å². The summed E-state index contributed by atoms with van der Waals surface area (Å²) >= 11 is 0. The molecule has 1 heterocycles. The van der Waals surface area contributed by atoms with Gasteiger partial charge in [-0.05, 0) is 18.9 Å². The van der Waals surface area contributed by atoms with Gasteiger partial charge in [-0.1, -0.05) is 29.8 Å². The number of para-hydroxylation sites is 1. The van der Waals surface area contributed by atoms with Gasteiger partial charge in [-0.2, -0.15) is 0 Å². The molecule has 0 radical (unpaired) electrons. The van der Waals surface area contributed by atoms with Crippen LogP contribution in [0.1, 0.15) is 31.2 Å². The van der Waals surface area contributed by atoms with Crippen molar-refractivity contribution in [1.82, 2.24) is 20.4 Å². The van der Waals surface area contributed by atoms with Crippen molar-refractivity contribution in [2.45, 2.75) is 32.2 Å². The number of nitrogens with zero attached hydrogens (tertiary/aromatic N) is 3. The standard InChI is InChI=1S/C16H23N7O/c17-14(12-19-18)13-6-3-4-7-15(13)21-16(24)8-2-1-5-10-23-11-9-20-22-23/h3-4,6-7,9,11-12,19H,1-2,5,8,10,17-18H2,(H,21,24)/b14-12-. The summed E-state index contributed by atoms with van der Waals surface area (Å²) in [6.07, 6.45) is 8.17. The highest BCUT2D eigenvalue weighted by Crippen LogP contribution is 2.20. The van der Waals surface area contributed by atoms with Crippen LogP contribution in [0.3, 0.4) is 0 Å². The summed E-state index contributed by atoms with van der Waals surface area (Å²) in [5, 5.41) is 10.6. The maximum atomic E-state index is 12.1. The highest BCUT2D eigenvalue weighted by molar-refractivity contribution is 5.93. The number of nitrogens with one attached hydrogen (secondary N) is 2. The molecule has 6 N–H and O–H groups in total. The van der Waals surface area contributed by atoms with Crippen molar-refractivity contribution < 1.29 is 4.79 Å². The smallest absolute Gasteiger partial charge is 0.224 e. The Morgan fingerprint density at radius 1 is 1.25 bits per heavy atom. The van der Waals surface area contributed by atoms with E-state index in [-0.39, 0.29) is 5.91 Å². The molecule has 0 aliphatic rings. The molecule has 0 bridgehead atoms. The van der Waals surface area contributed by atoms with Crippen LogP contribution in [0.4, 0.5) is 5.69 Å². The number of amides is 1. The lowest BCUT2D eigenvalue weighted by molar-refractivity contribution is -0.116. The van der Waals surface area contributed by atoms with Gasteiger partial charge >= 0.3 is 0 Å². The first kappa shape index (κ1) is 17.5. The van der Waals surface area contributed by atoms with Gasteiger partial charge in [0.2, 0.25) is 5.91 Å². The molecular formula is C16H23N7O. The molecule has 8 heteroatoms. The van der Waals surface area contributed by atoms with Crippen LogP contribution < -0.4 is 22.3 Å². The van der Waals surface area contributed by atoms with E-state index in [4.69, 9.17) is 11.6 Å². The first-order valence-electron chi connectivity index (χ1n) is 7.86. The Morgan fingerprint density at radius 3 is 2.83 bits per heavy atom. The highest BCUT2D eigenvalue weighted by atomic mass is 16.1. The van der Waals surface area contributed by atoms with Crippen molar-refractivity contribution in [1.29, 1.82) is 0 Å². The third-order valence-corrected chi connectivity index (χ3v) is 3.51. The number of carbonyl (C=O) groups excluding carboxylic acids is 1. The van der Waals surface area contributed by atoms with Gasteiger partial charge < -0.3 is 16.5 Å². The van der Waals surface area contributed by atoms with Crippen molar-refractivity contribution in [2.75, 3.05) is 5.32 Å². The molecule has 0 saturated heterocycles. The van der Waals surface area contributed by atoms with Gasteiger partial charge in [-0.25, -0.2) is 0 Å². The monoisotopic (exact) mass is 329 g/mol. The van der Waals surface area contributed by atoms with E-state index in [1.54, 1.807) is 10.9 Å². The Bertz CT molecular complexity index is 667. The number of nitrogens with two attached hydrogens (primary N) is 2. The molecule has 0 aliphatic carbocycles. The molecule has 2 rings (SSSR count). The minimum Gasteiger partial charge on any atom is -0.397 e. The fraction of sp³-hybridized carbons (Fsp3) is 0.312. The van der Waals surface area contributed by atoms with Crippen LogP contribution in [0, 0.1) is 0 Å². The van der Waals surface area contributed by atoms with Gasteiger partial charge in [-0.3, -0.25) is 15.3 Å². The third kappa shape index (κ3) is 5.40. The lowest BCUT2D eigenvalue weighted by atomic mass is 10.1. The highest BCUT2D eigenvalue weighted by Gasteiger charge is 2.08. The van der Waals surface area contributed by atoms with E-state index >= 15 is 0 Å². The molecule has 8 nitrogen and oxygen atoms in total. The van der Waals surface area contributed by atoms with Gasteiger partial charge in [0.1, 0.15) is 0 Å². The van der Waals surface area contributed by atoms with Crippen LogP contribution >= 0.6 is 0 Å². The van der Waals surface area contributed by atoms with Gasteiger partial charge in [0, 0.05) is 30.9 Å². The molecular weight excluding hydrogens is 306 g/mol. The molecule has 1 aromatic carbocycles. The molecule has 0 unspecified atom stereocenters. The van der Waals surface area contributed by atoms with E-state index in [0.717, 1.165) is 31.4 Å². The number of aryl methyl sites for hydroxylation is 1. The Labute approximate surface area is 140 Å². The van der Waals surface area contributed by atoms with Gasteiger partial charge in [-0.15, -0.1) is 5.10 Å². The number of hydrogen-bond donors (Lipinski definition) is 4. The summed E-state index contributed by atoms with van der Waals surface area (Å²) in [6.45, 7) is 0.817. The number of hydrazine groups is 1. The summed E-state index contributed by atoms with van der Waals surface area (Å²) in [7, 11) is 0. The first-order chi connectivity index (χ1) is 11.7. The summed E-state index contributed by atoms with van der Waals surface area (Å²) in [6, 6.07) is 7.35. The van der Waals surface area contributed by atoms with Crippen LogP contribution in [-0.4, -0.2) is 20.9 Å². The molecule has 0 saturated carbocycles. The second kappa shape index (κ2) is 9.31. The number of benzene rings is 1. The lowest BCUT2D eigenvalue weighted by Crippen LogP contribution is -2.17. The quantitative estimate of drug-likeness (QED) is 0.311. The zero-order chi connectivity index (χ0) is 17.2. The molecule has 1 amide bonds. The largest absolute Gasteiger partial charge is 0.397 e. The van der Waals surface area contributed by atoms with Crippen molar-refractivity contribution >= 4 is 17.3 Å². The van der Waals surface area contributed by atoms with E-state index in [2.05, 4.69) is 21.1 Å². The SMILES string of the molecule is NN/C=C(\N)c1ccccc1NC(=O)CCCCCn1ccnn1. The average Bonchev–Trinajstić information content (AvgIpc) is 3.08. The van der Waals surface area contributed by atoms with E-state index in [0.29, 0.717) is 17.8 Å². The number of rotatable bonds is 9. The lowest BCUT2D eigenvalue weighted by Gasteiger charge is -2.11. The predicted octanol–water partition coefficient (Wildman–Crippen LogP) is 1.20. The molecule has 128 valence electrons. The minimum atomic E-state index is -0.0308. The molecule has 0 aliphatic heterocycles. The summed E-state index contributed by atoms with van der Waals surface area (Å²) in [5.41, 5.74) is 10.2. The topological polar surface area (TPSA) is 124 Å². The molecule has 1 aromatic heterocycles. The predicted molar refractivity (Wildman–Crippen MR) is 93.0 cm³/mol. The van der Waals surface area contributed by atoms with Crippen LogP contribution in [0.2, 0.25) is 0 Å². The third-order valence-electron chi connectivity index (χ3n) is 3.51. The van der Waals surface area contributed by atoms with Crippen LogP contribution in [0.15, 0.2) is 42.9 Å². The number of hydrogen-bond acceptors (Lipinski definition) is 6. The maximum Gasteiger partial charge on any atom is 0.224 e. The summed E-state index contributed by atoms with van der Waals surface area (Å²) in [5.74, 6) is 5.21. The van der Waals surface area contributed by atoms with Crippen molar-refractivity contribution in [2.24, 2.45) is 11.6 Å². The Kier molecular flexibility index (Phi) is 6.78.